The highest BCUT2D eigenvalue weighted by atomic mass is 32.1. The van der Waals surface area contributed by atoms with Gasteiger partial charge in [0.15, 0.2) is 0 Å². The summed E-state index contributed by atoms with van der Waals surface area (Å²) in [5.74, 6) is -3.57. The summed E-state index contributed by atoms with van der Waals surface area (Å²) >= 11 is 5.49. The number of phenolic OH excluding ortho intramolecular Hbond substituents is 4. The van der Waals surface area contributed by atoms with Gasteiger partial charge in [0.25, 0.3) is 0 Å². The van der Waals surface area contributed by atoms with Crippen molar-refractivity contribution < 1.29 is 79.2 Å². The minimum absolute atomic E-state index is 0.0365. The van der Waals surface area contributed by atoms with Gasteiger partial charge in [-0.15, -0.1) is 45.3 Å². The fourth-order valence-corrected chi connectivity index (χ4v) is 20.4. The van der Waals surface area contributed by atoms with E-state index in [-0.39, 0.29) is 46.1 Å². The lowest BCUT2D eigenvalue weighted by Gasteiger charge is -2.11. The Labute approximate surface area is 742 Å². The lowest BCUT2D eigenvalue weighted by molar-refractivity contribution is -0.132. The first-order chi connectivity index (χ1) is 60.2. The average Bonchev–Trinajstić information content (AvgIpc) is 1.59. The molecule has 0 bridgehead atoms. The van der Waals surface area contributed by atoms with Gasteiger partial charge in [-0.1, -0.05) is 174 Å². The van der Waals surface area contributed by atoms with Crippen LogP contribution in [0.3, 0.4) is 0 Å². The average molecular weight is 1740 g/mol. The second-order valence-electron chi connectivity index (χ2n) is 30.6. The number of aliphatic carboxylic acids is 4. The lowest BCUT2D eigenvalue weighted by atomic mass is 9.92. The molecule has 16 rings (SSSR count). The summed E-state index contributed by atoms with van der Waals surface area (Å²) in [6, 6.07) is 69.9. The molecule has 0 fully saturated rings. The van der Waals surface area contributed by atoms with Gasteiger partial charge in [-0.25, -0.2) is 19.2 Å². The number of hydrogen-bond acceptors (Lipinski definition) is 16. The monoisotopic (exact) mass is 1740 g/mol. The predicted octanol–water partition coefficient (Wildman–Crippen LogP) is 25.5. The largest absolute Gasteiger partial charge is 0.508 e. The SMILES string of the molecule is Cc1cc(C)c(C(=O)c2sc3cc(O)ccc3c2-c2ccc(/C=C/C(=O)O)cc2)c(C)c1.Cc1cc(C)c(C(=O)c2sc3cc(O)ccc3c2-c2ccc(/C=C/C(=O)O)cc2)c(C)c1.Cc1ccc(C(=O)c2sc3cc(O)ccc3c2-c2ccc(/C=C/C(=O)O)cc2)c(C)c1.Cc1cccc(C)c1C(=O)c1sc2cc(O)ccc2c1-c1ccc(/C=C/C(=O)O)cc1. The molecule has 12 aromatic carbocycles. The normalized spacial score (nSPS) is 11.3. The molecular formula is C106H84O16S4. The van der Waals surface area contributed by atoms with Gasteiger partial charge in [0.05, 0.1) is 19.5 Å². The van der Waals surface area contributed by atoms with Crippen molar-refractivity contribution in [1.82, 2.24) is 0 Å². The molecule has 0 aliphatic carbocycles. The number of thiophene rings is 4. The number of benzene rings is 12. The van der Waals surface area contributed by atoms with Crippen molar-refractivity contribution in [2.24, 2.45) is 0 Å². The Morgan fingerprint density at radius 3 is 0.730 bits per heavy atom. The Balaban J connectivity index is 0.000000144. The quantitative estimate of drug-likeness (QED) is 0.0260. The van der Waals surface area contributed by atoms with Gasteiger partial charge >= 0.3 is 23.9 Å². The molecule has 0 unspecified atom stereocenters. The Kier molecular flexibility index (Phi) is 27.1. The Morgan fingerprint density at radius 2 is 0.484 bits per heavy atom. The van der Waals surface area contributed by atoms with E-state index in [1.807, 2.05) is 251 Å². The van der Waals surface area contributed by atoms with Crippen LogP contribution >= 0.6 is 45.3 Å². The second kappa shape index (κ2) is 38.3. The van der Waals surface area contributed by atoms with E-state index in [4.69, 9.17) is 20.4 Å². The summed E-state index contributed by atoms with van der Waals surface area (Å²) in [6.07, 6.45) is 10.5. The van der Waals surface area contributed by atoms with Crippen LogP contribution in [0.2, 0.25) is 0 Å². The Morgan fingerprint density at radius 1 is 0.246 bits per heavy atom. The van der Waals surface area contributed by atoms with Gasteiger partial charge in [0.2, 0.25) is 23.1 Å². The van der Waals surface area contributed by atoms with E-state index < -0.39 is 23.9 Å². The number of carboxylic acid groups (broad SMARTS) is 4. The molecule has 0 saturated carbocycles. The Bertz CT molecular complexity index is 6900. The first kappa shape index (κ1) is 89.0. The number of hydrogen-bond donors (Lipinski definition) is 8. The maximum absolute atomic E-state index is 13.8. The first-order valence-corrected chi connectivity index (χ1v) is 43.0. The molecule has 126 heavy (non-hydrogen) atoms. The van der Waals surface area contributed by atoms with E-state index >= 15 is 0 Å². The second-order valence-corrected chi connectivity index (χ2v) is 34.8. The van der Waals surface area contributed by atoms with Crippen molar-refractivity contribution in [2.75, 3.05) is 0 Å². The van der Waals surface area contributed by atoms with Crippen LogP contribution in [0.4, 0.5) is 0 Å². The van der Waals surface area contributed by atoms with Crippen molar-refractivity contribution in [3.8, 4) is 67.5 Å². The van der Waals surface area contributed by atoms with Crippen LogP contribution in [0.25, 0.3) is 109 Å². The van der Waals surface area contributed by atoms with Gasteiger partial charge in [-0.2, -0.15) is 0 Å². The molecule has 4 aromatic heterocycles. The number of carbonyl (C=O) groups excluding carboxylic acids is 4. The molecule has 0 radical (unpaired) electrons. The standard InChI is InChI=1S/2C27H22O4S.2C26H20O4S/c2*1-15-12-16(2)24(17(3)13-15)26(31)27-25(21-10-9-20(28)14-22(21)32-27)19-7-4-18(5-8-19)6-11-23(29)30;1-15-3-10-20(16(2)13-15)25(30)26-24(21-11-9-19(27)14-22(21)31-26)18-7-4-17(5-8-18)6-12-23(28)29;1-15-4-3-5-16(2)23(15)25(30)26-24(20-12-11-19(27)14-21(20)31-26)18-9-6-17(7-10-18)8-13-22(28)29/h2*4-14,28H,1-3H3,(H,29,30);2*3-14,27H,1-2H3,(H,28,29)/b2*11-6+;12-6+;13-8+. The van der Waals surface area contributed by atoms with Crippen LogP contribution in [-0.4, -0.2) is 87.9 Å². The molecule has 0 amide bonds. The summed E-state index contributed by atoms with van der Waals surface area (Å²) in [5.41, 5.74) is 22.3. The number of rotatable bonds is 20. The highest BCUT2D eigenvalue weighted by Crippen LogP contribution is 2.47. The van der Waals surface area contributed by atoms with Crippen LogP contribution in [-0.2, 0) is 19.2 Å². The smallest absolute Gasteiger partial charge is 0.328 e. The molecule has 16 aromatic rings. The zero-order valence-corrected chi connectivity index (χ0v) is 73.3. The van der Waals surface area contributed by atoms with E-state index in [0.717, 1.165) is 187 Å². The number of phenols is 4. The number of aryl methyl sites for hydroxylation is 10. The molecule has 16 nitrogen and oxygen atoms in total. The van der Waals surface area contributed by atoms with Crippen molar-refractivity contribution >= 4 is 157 Å². The van der Waals surface area contributed by atoms with Gasteiger partial charge in [0, 0.05) is 109 Å². The van der Waals surface area contributed by atoms with E-state index in [1.165, 1.54) is 69.7 Å². The van der Waals surface area contributed by atoms with Crippen LogP contribution in [0, 0.1) is 69.2 Å². The first-order valence-electron chi connectivity index (χ1n) is 39.7. The van der Waals surface area contributed by atoms with Crippen LogP contribution < -0.4 is 0 Å². The molecule has 0 atom stereocenters. The van der Waals surface area contributed by atoms with Gasteiger partial charge in [-0.05, 0) is 250 Å². The zero-order valence-electron chi connectivity index (χ0n) is 70.0. The van der Waals surface area contributed by atoms with Gasteiger partial charge in [-0.3, -0.25) is 19.2 Å². The number of carboxylic acids is 4. The van der Waals surface area contributed by atoms with Gasteiger partial charge < -0.3 is 40.9 Å². The van der Waals surface area contributed by atoms with Crippen LogP contribution in [0.15, 0.2) is 255 Å². The maximum Gasteiger partial charge on any atom is 0.328 e. The maximum atomic E-state index is 13.8. The number of aromatic hydroxyl groups is 4. The third kappa shape index (κ3) is 20.1. The van der Waals surface area contributed by atoms with E-state index in [9.17, 15) is 58.8 Å². The fourth-order valence-electron chi connectivity index (χ4n) is 15.6. The third-order valence-electron chi connectivity index (χ3n) is 21.1. The molecule has 0 saturated heterocycles. The van der Waals surface area contributed by atoms with E-state index in [0.29, 0.717) is 41.8 Å². The van der Waals surface area contributed by atoms with Crippen molar-refractivity contribution in [2.45, 2.75) is 69.2 Å². The lowest BCUT2D eigenvalue weighted by Crippen LogP contribution is -2.06. The predicted molar refractivity (Wildman–Crippen MR) is 509 cm³/mol. The van der Waals surface area contributed by atoms with E-state index in [1.54, 1.807) is 48.5 Å². The van der Waals surface area contributed by atoms with Crippen molar-refractivity contribution in [3.63, 3.8) is 0 Å². The minimum Gasteiger partial charge on any atom is -0.508 e. The molecule has 0 spiro atoms. The zero-order chi connectivity index (χ0) is 90.2. The highest BCUT2D eigenvalue weighted by Gasteiger charge is 2.29. The number of ketones is 4. The summed E-state index contributed by atoms with van der Waals surface area (Å²) in [5, 5.41) is 78.8. The molecule has 628 valence electrons. The Hall–Kier alpha value is -14.8. The number of carbonyl (C=O) groups is 8. The highest BCUT2D eigenvalue weighted by molar-refractivity contribution is 7.23. The summed E-state index contributed by atoms with van der Waals surface area (Å²) in [4.78, 5) is 100. The summed E-state index contributed by atoms with van der Waals surface area (Å²) < 4.78 is 3.33. The fraction of sp³-hybridized carbons (Fsp3) is 0.0943. The third-order valence-corrected chi connectivity index (χ3v) is 25.7. The van der Waals surface area contributed by atoms with Crippen molar-refractivity contribution in [1.29, 1.82) is 0 Å². The number of fused-ring (bicyclic) bond motifs is 4. The minimum atomic E-state index is -1.01. The van der Waals surface area contributed by atoms with Crippen LogP contribution in [0.5, 0.6) is 23.0 Å². The van der Waals surface area contributed by atoms with E-state index in [2.05, 4.69) is 0 Å². The molecular weight excluding hydrogens is 1660 g/mol. The molecule has 4 heterocycles. The van der Waals surface area contributed by atoms with Gasteiger partial charge in [0.1, 0.15) is 23.0 Å². The molecule has 20 heteroatoms. The summed E-state index contributed by atoms with van der Waals surface area (Å²) in [7, 11) is 0. The van der Waals surface area contributed by atoms with Crippen LogP contribution in [0.1, 0.15) is 139 Å². The summed E-state index contributed by atoms with van der Waals surface area (Å²) in [6.45, 7) is 19.6. The van der Waals surface area contributed by atoms with Crippen molar-refractivity contribution in [3.05, 3.63) is 374 Å². The molecule has 8 N–H and O–H groups in total. The molecule has 0 aliphatic heterocycles. The molecule has 0 aliphatic rings. The topological polar surface area (TPSA) is 298 Å².